The lowest BCUT2D eigenvalue weighted by molar-refractivity contribution is -0.127. The van der Waals surface area contributed by atoms with Gasteiger partial charge in [0.2, 0.25) is 0 Å². The highest BCUT2D eigenvalue weighted by atomic mass is 19.1. The molecule has 0 saturated carbocycles. The average molecular weight is 410 g/mol. The second-order valence-corrected chi connectivity index (χ2v) is 8.40. The van der Waals surface area contributed by atoms with Gasteiger partial charge in [-0.2, -0.15) is 0 Å². The van der Waals surface area contributed by atoms with Crippen molar-refractivity contribution in [3.8, 4) is 5.75 Å². The lowest BCUT2D eigenvalue weighted by Crippen LogP contribution is -2.40. The molecule has 0 spiro atoms. The van der Waals surface area contributed by atoms with Crippen molar-refractivity contribution in [2.24, 2.45) is 7.05 Å². The maximum absolute atomic E-state index is 14.5. The van der Waals surface area contributed by atoms with Gasteiger partial charge in [0.25, 0.3) is 5.91 Å². The Morgan fingerprint density at radius 3 is 2.53 bits per heavy atom. The third-order valence-corrected chi connectivity index (χ3v) is 5.00. The molecule has 2 unspecified atom stereocenters. The largest absolute Gasteiger partial charge is 0.481 e. The number of aromatic nitrogens is 2. The molecule has 0 saturated heterocycles. The fourth-order valence-corrected chi connectivity index (χ4v) is 3.20. The molecule has 158 valence electrons. The van der Waals surface area contributed by atoms with Crippen LogP contribution in [0.1, 0.15) is 50.7 Å². The van der Waals surface area contributed by atoms with E-state index in [1.807, 2.05) is 24.3 Å². The van der Waals surface area contributed by atoms with Gasteiger partial charge < -0.3 is 14.6 Å². The first-order valence-corrected chi connectivity index (χ1v) is 9.96. The monoisotopic (exact) mass is 409 g/mol. The number of halogens is 1. The molecule has 3 rings (SSSR count). The summed E-state index contributed by atoms with van der Waals surface area (Å²) in [5.74, 6) is 0.393. The summed E-state index contributed by atoms with van der Waals surface area (Å²) >= 11 is 0. The van der Waals surface area contributed by atoms with E-state index in [2.05, 4.69) is 31.1 Å². The van der Waals surface area contributed by atoms with Gasteiger partial charge in [0.15, 0.2) is 6.10 Å². The molecule has 0 aliphatic heterocycles. The van der Waals surface area contributed by atoms with E-state index in [0.717, 1.165) is 5.56 Å². The van der Waals surface area contributed by atoms with Crippen molar-refractivity contribution >= 4 is 5.91 Å². The molecule has 1 aromatic heterocycles. The zero-order valence-electron chi connectivity index (χ0n) is 18.0. The number of nitrogens with one attached hydrogen (secondary N) is 1. The van der Waals surface area contributed by atoms with E-state index in [1.165, 1.54) is 6.07 Å². The van der Waals surface area contributed by atoms with Crippen LogP contribution in [0.3, 0.4) is 0 Å². The Kier molecular flexibility index (Phi) is 6.25. The molecule has 2 atom stereocenters. The van der Waals surface area contributed by atoms with Gasteiger partial charge >= 0.3 is 0 Å². The van der Waals surface area contributed by atoms with Crippen LogP contribution in [0, 0.1) is 5.82 Å². The number of amides is 1. The van der Waals surface area contributed by atoms with E-state index in [4.69, 9.17) is 4.74 Å². The van der Waals surface area contributed by atoms with Gasteiger partial charge in [0.05, 0.1) is 0 Å². The summed E-state index contributed by atoms with van der Waals surface area (Å²) in [5.41, 5.74) is 1.44. The molecular weight excluding hydrogens is 381 g/mol. The van der Waals surface area contributed by atoms with E-state index >= 15 is 0 Å². The summed E-state index contributed by atoms with van der Waals surface area (Å²) in [6.07, 6.45) is 2.61. The SMILES string of the molecule is CC(Oc1cccc(C(C)(C)C)c1)C(=O)NC(c1ccccc1F)c1nccn1C. The number of carbonyl (C=O) groups excluding carboxylic acids is 1. The van der Waals surface area contributed by atoms with Gasteiger partial charge in [0.1, 0.15) is 23.4 Å². The Hall–Kier alpha value is -3.15. The van der Waals surface area contributed by atoms with Crippen LogP contribution in [-0.4, -0.2) is 21.6 Å². The van der Waals surface area contributed by atoms with Gasteiger partial charge in [-0.05, 0) is 36.1 Å². The second-order valence-electron chi connectivity index (χ2n) is 8.40. The topological polar surface area (TPSA) is 56.1 Å². The van der Waals surface area contributed by atoms with Crippen LogP contribution in [0.2, 0.25) is 0 Å². The molecule has 0 fully saturated rings. The fraction of sp³-hybridized carbons (Fsp3) is 0.333. The highest BCUT2D eigenvalue weighted by Crippen LogP contribution is 2.27. The summed E-state index contributed by atoms with van der Waals surface area (Å²) in [6, 6.07) is 13.4. The standard InChI is InChI=1S/C24H28FN3O2/c1-16(30-18-10-8-9-17(15-18)24(2,3)4)23(29)27-21(22-26-13-14-28(22)5)19-11-6-7-12-20(19)25/h6-16,21H,1-5H3,(H,27,29). The zero-order chi connectivity index (χ0) is 21.9. The predicted octanol–water partition coefficient (Wildman–Crippen LogP) is 4.53. The number of ether oxygens (including phenoxy) is 1. The van der Waals surface area contributed by atoms with E-state index in [-0.39, 0.29) is 11.3 Å². The third kappa shape index (κ3) is 4.87. The summed E-state index contributed by atoms with van der Waals surface area (Å²) in [6.45, 7) is 8.03. The zero-order valence-corrected chi connectivity index (χ0v) is 18.0. The van der Waals surface area contributed by atoms with E-state index in [9.17, 15) is 9.18 Å². The molecule has 3 aromatic rings. The summed E-state index contributed by atoms with van der Waals surface area (Å²) in [4.78, 5) is 17.2. The lowest BCUT2D eigenvalue weighted by atomic mass is 9.87. The van der Waals surface area contributed by atoms with E-state index in [0.29, 0.717) is 17.1 Å². The van der Waals surface area contributed by atoms with Gasteiger partial charge in [-0.3, -0.25) is 4.79 Å². The molecule has 0 aliphatic rings. The van der Waals surface area contributed by atoms with Crippen molar-refractivity contribution in [3.63, 3.8) is 0 Å². The van der Waals surface area contributed by atoms with Crippen LogP contribution in [0.15, 0.2) is 60.9 Å². The molecule has 0 aliphatic carbocycles. The van der Waals surface area contributed by atoms with Gasteiger partial charge in [-0.15, -0.1) is 0 Å². The van der Waals surface area contributed by atoms with Crippen molar-refractivity contribution in [3.05, 3.63) is 83.7 Å². The Labute approximate surface area is 176 Å². The van der Waals surface area contributed by atoms with E-state index in [1.54, 1.807) is 49.1 Å². The third-order valence-electron chi connectivity index (χ3n) is 5.00. The molecule has 2 aromatic carbocycles. The van der Waals surface area contributed by atoms with Crippen molar-refractivity contribution in [1.29, 1.82) is 0 Å². The molecule has 1 heterocycles. The van der Waals surface area contributed by atoms with Gasteiger partial charge in [0, 0.05) is 25.0 Å². The maximum Gasteiger partial charge on any atom is 0.261 e. The van der Waals surface area contributed by atoms with Crippen LogP contribution >= 0.6 is 0 Å². The highest BCUT2D eigenvalue weighted by Gasteiger charge is 2.26. The van der Waals surface area contributed by atoms with Crippen LogP contribution in [-0.2, 0) is 17.3 Å². The number of benzene rings is 2. The number of carbonyl (C=O) groups is 1. The van der Waals surface area contributed by atoms with Crippen molar-refractivity contribution < 1.29 is 13.9 Å². The minimum Gasteiger partial charge on any atom is -0.481 e. The molecule has 6 heteroatoms. The van der Waals surface area contributed by atoms with Gasteiger partial charge in [-0.1, -0.05) is 51.1 Å². The molecular formula is C24H28FN3O2. The highest BCUT2D eigenvalue weighted by molar-refractivity contribution is 5.81. The average Bonchev–Trinajstić information content (AvgIpc) is 3.12. The molecule has 30 heavy (non-hydrogen) atoms. The Balaban J connectivity index is 1.81. The van der Waals surface area contributed by atoms with Crippen LogP contribution < -0.4 is 10.1 Å². The minimum atomic E-state index is -0.769. The summed E-state index contributed by atoms with van der Waals surface area (Å²) in [7, 11) is 1.81. The molecule has 0 radical (unpaired) electrons. The number of rotatable bonds is 6. The maximum atomic E-state index is 14.5. The number of aryl methyl sites for hydroxylation is 1. The van der Waals surface area contributed by atoms with Crippen molar-refractivity contribution in [2.45, 2.75) is 45.3 Å². The number of imidazole rings is 1. The number of hydrogen-bond donors (Lipinski definition) is 1. The van der Waals surface area contributed by atoms with Crippen molar-refractivity contribution in [2.75, 3.05) is 0 Å². The van der Waals surface area contributed by atoms with Crippen LogP contribution in [0.4, 0.5) is 4.39 Å². The Morgan fingerprint density at radius 1 is 1.17 bits per heavy atom. The number of nitrogens with zero attached hydrogens (tertiary/aromatic N) is 2. The molecule has 1 N–H and O–H groups in total. The second kappa shape index (κ2) is 8.69. The summed E-state index contributed by atoms with van der Waals surface area (Å²) in [5, 5.41) is 2.89. The first kappa shape index (κ1) is 21.6. The van der Waals surface area contributed by atoms with Crippen LogP contribution in [0.25, 0.3) is 0 Å². The normalized spacial score (nSPS) is 13.5. The Bertz CT molecular complexity index is 1020. The minimum absolute atomic E-state index is 0.0288. The van der Waals surface area contributed by atoms with Gasteiger partial charge in [-0.25, -0.2) is 9.37 Å². The van der Waals surface area contributed by atoms with E-state index < -0.39 is 18.0 Å². The summed E-state index contributed by atoms with van der Waals surface area (Å²) < 4.78 is 22.2. The first-order valence-electron chi connectivity index (χ1n) is 9.96. The Morgan fingerprint density at radius 2 is 1.90 bits per heavy atom. The fourth-order valence-electron chi connectivity index (χ4n) is 3.20. The predicted molar refractivity (Wildman–Crippen MR) is 115 cm³/mol. The molecule has 5 nitrogen and oxygen atoms in total. The first-order chi connectivity index (χ1) is 14.2. The van der Waals surface area contributed by atoms with Crippen molar-refractivity contribution in [1.82, 2.24) is 14.9 Å². The quantitative estimate of drug-likeness (QED) is 0.651. The molecule has 1 amide bonds. The molecule has 0 bridgehead atoms. The van der Waals surface area contributed by atoms with Crippen LogP contribution in [0.5, 0.6) is 5.75 Å². The lowest BCUT2D eigenvalue weighted by Gasteiger charge is -2.23. The smallest absolute Gasteiger partial charge is 0.261 e. The number of hydrogen-bond acceptors (Lipinski definition) is 3.